The van der Waals surface area contributed by atoms with E-state index in [1.807, 2.05) is 24.3 Å². The molecule has 0 fully saturated rings. The molecule has 2 aromatic carbocycles. The van der Waals surface area contributed by atoms with Crippen molar-refractivity contribution in [1.82, 2.24) is 0 Å². The van der Waals surface area contributed by atoms with E-state index < -0.39 is 0 Å². The molecule has 0 spiro atoms. The summed E-state index contributed by atoms with van der Waals surface area (Å²) >= 11 is 5.86. The van der Waals surface area contributed by atoms with Gasteiger partial charge in [-0.15, -0.1) is 0 Å². The molecule has 106 valence electrons. The van der Waals surface area contributed by atoms with Crippen LogP contribution in [-0.2, 0) is 6.42 Å². The lowest BCUT2D eigenvalue weighted by molar-refractivity contribution is 0.387. The molecule has 0 bridgehead atoms. The monoisotopic (exact) mass is 293 g/mol. The molecule has 1 unspecified atom stereocenters. The number of methoxy groups -OCH3 is 1. The topological polar surface area (TPSA) is 21.3 Å². The molecule has 20 heavy (non-hydrogen) atoms. The summed E-state index contributed by atoms with van der Waals surface area (Å²) in [5.41, 5.74) is 2.04. The smallest absolute Gasteiger partial charge is 0.165 e. The van der Waals surface area contributed by atoms with Gasteiger partial charge in [-0.2, -0.15) is 0 Å². The summed E-state index contributed by atoms with van der Waals surface area (Å²) < 4.78 is 18.3. The van der Waals surface area contributed by atoms with Crippen molar-refractivity contribution in [3.05, 3.63) is 58.9 Å². The van der Waals surface area contributed by atoms with Crippen molar-refractivity contribution in [2.45, 2.75) is 19.4 Å². The molecule has 2 aromatic rings. The molecule has 0 amide bonds. The molecule has 2 nitrogen and oxygen atoms in total. The maximum absolute atomic E-state index is 13.3. The minimum absolute atomic E-state index is 0.214. The minimum atomic E-state index is -0.358. The molecule has 0 radical (unpaired) electrons. The molecule has 1 N–H and O–H groups in total. The van der Waals surface area contributed by atoms with Gasteiger partial charge in [-0.1, -0.05) is 23.7 Å². The van der Waals surface area contributed by atoms with E-state index in [4.69, 9.17) is 16.3 Å². The Kier molecular flexibility index (Phi) is 4.85. The second-order valence-corrected chi connectivity index (χ2v) is 5.16. The normalized spacial score (nSPS) is 12.0. The number of halogens is 2. The maximum atomic E-state index is 13.3. The molecular weight excluding hydrogens is 277 g/mol. The zero-order valence-electron chi connectivity index (χ0n) is 11.5. The molecule has 0 saturated carbocycles. The predicted octanol–water partition coefficient (Wildman–Crippen LogP) is 4.53. The molecule has 0 aliphatic rings. The third-order valence-electron chi connectivity index (χ3n) is 3.02. The van der Waals surface area contributed by atoms with Gasteiger partial charge in [0.1, 0.15) is 0 Å². The lowest BCUT2D eigenvalue weighted by Crippen LogP contribution is -2.18. The largest absolute Gasteiger partial charge is 0.494 e. The third kappa shape index (κ3) is 3.87. The van der Waals surface area contributed by atoms with E-state index in [0.29, 0.717) is 0 Å². The first-order valence-corrected chi connectivity index (χ1v) is 6.81. The third-order valence-corrected chi connectivity index (χ3v) is 3.27. The molecule has 0 aromatic heterocycles. The average molecular weight is 294 g/mol. The highest BCUT2D eigenvalue weighted by Crippen LogP contribution is 2.22. The van der Waals surface area contributed by atoms with Crippen molar-refractivity contribution in [3.63, 3.8) is 0 Å². The maximum Gasteiger partial charge on any atom is 0.165 e. The van der Waals surface area contributed by atoms with E-state index in [1.54, 1.807) is 12.1 Å². The highest BCUT2D eigenvalue weighted by atomic mass is 35.5. The average Bonchev–Trinajstić information content (AvgIpc) is 2.43. The Labute approximate surface area is 123 Å². The zero-order chi connectivity index (χ0) is 14.5. The fourth-order valence-electron chi connectivity index (χ4n) is 2.06. The van der Waals surface area contributed by atoms with Crippen LogP contribution >= 0.6 is 11.6 Å². The van der Waals surface area contributed by atoms with Crippen LogP contribution in [0, 0.1) is 5.82 Å². The zero-order valence-corrected chi connectivity index (χ0v) is 12.2. The number of anilines is 1. The fraction of sp³-hybridized carbons (Fsp3) is 0.250. The van der Waals surface area contributed by atoms with Crippen LogP contribution in [0.3, 0.4) is 0 Å². The van der Waals surface area contributed by atoms with Gasteiger partial charge in [0.05, 0.1) is 7.11 Å². The molecular formula is C16H17ClFNO. The van der Waals surface area contributed by atoms with Crippen LogP contribution in [0.1, 0.15) is 12.5 Å². The first-order chi connectivity index (χ1) is 9.58. The van der Waals surface area contributed by atoms with Crippen LogP contribution in [0.4, 0.5) is 10.1 Å². The minimum Gasteiger partial charge on any atom is -0.494 e. The van der Waals surface area contributed by atoms with Crippen LogP contribution in [0.2, 0.25) is 5.02 Å². The van der Waals surface area contributed by atoms with Crippen LogP contribution in [-0.4, -0.2) is 13.2 Å². The number of rotatable bonds is 5. The summed E-state index contributed by atoms with van der Waals surface area (Å²) in [6, 6.07) is 12.7. The first kappa shape index (κ1) is 14.7. The number of nitrogens with one attached hydrogen (secondary N) is 1. The van der Waals surface area contributed by atoms with Gasteiger partial charge in [0.15, 0.2) is 11.6 Å². The van der Waals surface area contributed by atoms with Gasteiger partial charge in [0.2, 0.25) is 0 Å². The van der Waals surface area contributed by atoms with Crippen LogP contribution in [0.15, 0.2) is 42.5 Å². The second kappa shape index (κ2) is 6.62. The summed E-state index contributed by atoms with van der Waals surface area (Å²) in [5.74, 6) is -0.114. The van der Waals surface area contributed by atoms with Crippen molar-refractivity contribution < 1.29 is 9.13 Å². The number of hydrogen-bond donors (Lipinski definition) is 1. The molecule has 4 heteroatoms. The van der Waals surface area contributed by atoms with Crippen molar-refractivity contribution >= 4 is 17.3 Å². The Balaban J connectivity index is 2.00. The Morgan fingerprint density at radius 2 is 1.90 bits per heavy atom. The number of benzene rings is 2. The van der Waals surface area contributed by atoms with E-state index in [-0.39, 0.29) is 17.6 Å². The van der Waals surface area contributed by atoms with Gasteiger partial charge in [-0.3, -0.25) is 0 Å². The van der Waals surface area contributed by atoms with E-state index in [9.17, 15) is 4.39 Å². The Morgan fingerprint density at radius 3 is 2.55 bits per heavy atom. The SMILES string of the molecule is COc1cc(NC(C)Cc2ccc(Cl)cc2)ccc1F. The summed E-state index contributed by atoms with van der Waals surface area (Å²) in [6.07, 6.45) is 0.858. The molecule has 0 aliphatic heterocycles. The standard InChI is InChI=1S/C16H17ClFNO/c1-11(9-12-3-5-13(17)6-4-12)19-14-7-8-15(18)16(10-14)20-2/h3-8,10-11,19H,9H2,1-2H3. The molecule has 1 atom stereocenters. The van der Waals surface area contributed by atoms with Gasteiger partial charge in [-0.25, -0.2) is 4.39 Å². The summed E-state index contributed by atoms with van der Waals surface area (Å²) in [5, 5.41) is 4.06. The van der Waals surface area contributed by atoms with E-state index in [0.717, 1.165) is 17.1 Å². The summed E-state index contributed by atoms with van der Waals surface area (Å²) in [7, 11) is 1.46. The highest BCUT2D eigenvalue weighted by molar-refractivity contribution is 6.30. The van der Waals surface area contributed by atoms with Crippen molar-refractivity contribution in [1.29, 1.82) is 0 Å². The number of hydrogen-bond acceptors (Lipinski definition) is 2. The van der Waals surface area contributed by atoms with Crippen LogP contribution in [0.5, 0.6) is 5.75 Å². The summed E-state index contributed by atoms with van der Waals surface area (Å²) in [6.45, 7) is 2.07. The van der Waals surface area contributed by atoms with Gasteiger partial charge in [0.25, 0.3) is 0 Å². The second-order valence-electron chi connectivity index (χ2n) is 4.73. The van der Waals surface area contributed by atoms with Crippen molar-refractivity contribution in [3.8, 4) is 5.75 Å². The quantitative estimate of drug-likeness (QED) is 0.874. The van der Waals surface area contributed by atoms with E-state index in [1.165, 1.54) is 18.7 Å². The van der Waals surface area contributed by atoms with Crippen LogP contribution in [0.25, 0.3) is 0 Å². The van der Waals surface area contributed by atoms with E-state index >= 15 is 0 Å². The van der Waals surface area contributed by atoms with Gasteiger partial charge >= 0.3 is 0 Å². The fourth-order valence-corrected chi connectivity index (χ4v) is 2.19. The van der Waals surface area contributed by atoms with Crippen molar-refractivity contribution in [2.75, 3.05) is 12.4 Å². The van der Waals surface area contributed by atoms with Gasteiger partial charge < -0.3 is 10.1 Å². The predicted molar refractivity (Wildman–Crippen MR) is 81.2 cm³/mol. The van der Waals surface area contributed by atoms with Crippen LogP contribution < -0.4 is 10.1 Å². The van der Waals surface area contributed by atoms with E-state index in [2.05, 4.69) is 12.2 Å². The van der Waals surface area contributed by atoms with Gasteiger partial charge in [-0.05, 0) is 43.2 Å². The lowest BCUT2D eigenvalue weighted by Gasteiger charge is -2.16. The molecule has 0 aliphatic carbocycles. The molecule has 0 heterocycles. The van der Waals surface area contributed by atoms with Gasteiger partial charge in [0, 0.05) is 22.8 Å². The Morgan fingerprint density at radius 1 is 1.20 bits per heavy atom. The highest BCUT2D eigenvalue weighted by Gasteiger charge is 2.07. The Hall–Kier alpha value is -1.74. The molecule has 0 saturated heterocycles. The molecule has 2 rings (SSSR count). The Bertz CT molecular complexity index is 571. The lowest BCUT2D eigenvalue weighted by atomic mass is 10.1. The summed E-state index contributed by atoms with van der Waals surface area (Å²) in [4.78, 5) is 0. The first-order valence-electron chi connectivity index (χ1n) is 6.43. The van der Waals surface area contributed by atoms with Crippen molar-refractivity contribution in [2.24, 2.45) is 0 Å². The number of ether oxygens (including phenoxy) is 1.